The predicted octanol–water partition coefficient (Wildman–Crippen LogP) is 6.56. The second-order valence-electron chi connectivity index (χ2n) is 7.23. The monoisotopic (exact) mass is 448 g/mol. The molecule has 5 nitrogen and oxygen atoms in total. The van der Waals surface area contributed by atoms with Gasteiger partial charge < -0.3 is 5.32 Å². The molecular weight excluding hydrogens is 431 g/mol. The van der Waals surface area contributed by atoms with Gasteiger partial charge in [-0.25, -0.2) is 19.2 Å². The van der Waals surface area contributed by atoms with Gasteiger partial charge in [-0.05, 0) is 43.7 Å². The number of carbonyl (C=O) groups excluding carboxylic acids is 1. The van der Waals surface area contributed by atoms with Gasteiger partial charge in [-0.2, -0.15) is 0 Å². The zero-order valence-corrected chi connectivity index (χ0v) is 18.4. The minimum absolute atomic E-state index is 0.240. The number of benzene rings is 2. The largest absolute Gasteiger partial charge is 0.309 e. The van der Waals surface area contributed by atoms with Crippen LogP contribution in [0.4, 0.5) is 15.9 Å². The summed E-state index contributed by atoms with van der Waals surface area (Å²) >= 11 is 2.97. The zero-order chi connectivity index (χ0) is 22.0. The van der Waals surface area contributed by atoms with Crippen LogP contribution in [0.25, 0.3) is 26.2 Å². The minimum Gasteiger partial charge on any atom is -0.309 e. The van der Waals surface area contributed by atoms with Gasteiger partial charge in [0.1, 0.15) is 11.6 Å². The van der Waals surface area contributed by atoms with Crippen LogP contribution in [0.5, 0.6) is 0 Å². The number of pyridine rings is 1. The summed E-state index contributed by atoms with van der Waals surface area (Å²) < 4.78 is 13.3. The molecule has 2 heterocycles. The van der Waals surface area contributed by atoms with Crippen LogP contribution in [-0.4, -0.2) is 20.6 Å². The van der Waals surface area contributed by atoms with Crippen molar-refractivity contribution in [2.24, 2.45) is 0 Å². The third-order valence-corrected chi connectivity index (χ3v) is 6.74. The van der Waals surface area contributed by atoms with E-state index in [4.69, 9.17) is 6.57 Å². The summed E-state index contributed by atoms with van der Waals surface area (Å²) in [4.78, 5) is 25.7. The highest BCUT2D eigenvalue weighted by Crippen LogP contribution is 2.44. The van der Waals surface area contributed by atoms with Crippen molar-refractivity contribution in [3.8, 4) is 11.1 Å². The fourth-order valence-electron chi connectivity index (χ4n) is 3.01. The first-order chi connectivity index (χ1) is 14.9. The number of hydrogen-bond acceptors (Lipinski definition) is 5. The molecule has 154 valence electrons. The fourth-order valence-corrected chi connectivity index (χ4v) is 5.08. The summed E-state index contributed by atoms with van der Waals surface area (Å²) in [6, 6.07) is 14.0. The van der Waals surface area contributed by atoms with E-state index in [9.17, 15) is 9.18 Å². The molecule has 0 fully saturated rings. The first kappa shape index (κ1) is 21.0. The zero-order valence-electron chi connectivity index (χ0n) is 16.7. The molecule has 0 radical (unpaired) electrons. The van der Waals surface area contributed by atoms with Crippen molar-refractivity contribution in [2.75, 3.05) is 5.32 Å². The van der Waals surface area contributed by atoms with E-state index in [0.29, 0.717) is 11.5 Å². The van der Waals surface area contributed by atoms with Crippen LogP contribution in [0, 0.1) is 12.4 Å². The van der Waals surface area contributed by atoms with E-state index in [1.54, 1.807) is 29.0 Å². The van der Waals surface area contributed by atoms with Crippen molar-refractivity contribution >= 4 is 50.7 Å². The fraction of sp³-hybridized carbons (Fsp3) is 0.130. The average molecular weight is 449 g/mol. The molecule has 0 saturated heterocycles. The van der Waals surface area contributed by atoms with E-state index in [1.165, 1.54) is 23.9 Å². The maximum Gasteiger partial charge on any atom is 0.241 e. The smallest absolute Gasteiger partial charge is 0.241 e. The lowest BCUT2D eigenvalue weighted by Gasteiger charge is -2.24. The predicted molar refractivity (Wildman–Crippen MR) is 124 cm³/mol. The van der Waals surface area contributed by atoms with Gasteiger partial charge >= 0.3 is 0 Å². The number of fused-ring (bicyclic) bond motifs is 1. The molecule has 8 heteroatoms. The number of nitrogens with zero attached hydrogens (tertiary/aromatic N) is 3. The molecule has 0 spiro atoms. The number of carbonyl (C=O) groups is 1. The number of nitrogens with one attached hydrogen (secondary N) is 1. The molecule has 0 saturated carbocycles. The van der Waals surface area contributed by atoms with Gasteiger partial charge in [0.05, 0.1) is 33.2 Å². The van der Waals surface area contributed by atoms with Gasteiger partial charge in [-0.1, -0.05) is 24.3 Å². The molecule has 0 bridgehead atoms. The van der Waals surface area contributed by atoms with E-state index < -0.39 is 10.6 Å². The van der Waals surface area contributed by atoms with Crippen LogP contribution in [0.1, 0.15) is 13.8 Å². The van der Waals surface area contributed by atoms with Crippen LogP contribution in [0.3, 0.4) is 0 Å². The van der Waals surface area contributed by atoms with Crippen molar-refractivity contribution in [3.05, 3.63) is 77.5 Å². The van der Waals surface area contributed by atoms with Crippen molar-refractivity contribution in [1.29, 1.82) is 0 Å². The molecule has 2 aromatic heterocycles. The Bertz CT molecular complexity index is 1290. The molecule has 1 N–H and O–H groups in total. The Kier molecular flexibility index (Phi) is 5.72. The summed E-state index contributed by atoms with van der Waals surface area (Å²) in [5, 5.41) is 2.76. The topological polar surface area (TPSA) is 59.2 Å². The van der Waals surface area contributed by atoms with Gasteiger partial charge in [-0.15, -0.1) is 23.1 Å². The standard InChI is InChI=1S/C23H17FN4OS2/c1-23(2,22(29)28-19-11-6-15(24)12-26-19)31-18-10-9-17-21(30-13-27-17)20(18)14-4-7-16(25-3)8-5-14/h4-13H,1-2H3,(H,26,28,29). The van der Waals surface area contributed by atoms with Crippen molar-refractivity contribution in [3.63, 3.8) is 0 Å². The average Bonchev–Trinajstić information content (AvgIpc) is 3.24. The van der Waals surface area contributed by atoms with Crippen LogP contribution < -0.4 is 5.32 Å². The SMILES string of the molecule is [C-]#[N+]c1ccc(-c2c(SC(C)(C)C(=O)Nc3ccc(F)cn3)ccc3ncsc23)cc1. The number of thioether (sulfide) groups is 1. The molecular formula is C23H17FN4OS2. The number of anilines is 1. The number of thiazole rings is 1. The van der Waals surface area contributed by atoms with Gasteiger partial charge in [0.25, 0.3) is 0 Å². The summed E-state index contributed by atoms with van der Waals surface area (Å²) in [5.41, 5.74) is 5.20. The van der Waals surface area contributed by atoms with E-state index in [0.717, 1.165) is 32.4 Å². The van der Waals surface area contributed by atoms with Gasteiger partial charge in [-0.3, -0.25) is 4.79 Å². The van der Waals surface area contributed by atoms with Crippen LogP contribution >= 0.6 is 23.1 Å². The molecule has 0 unspecified atom stereocenters. The Morgan fingerprint density at radius 1 is 1.13 bits per heavy atom. The summed E-state index contributed by atoms with van der Waals surface area (Å²) in [6.45, 7) is 10.8. The summed E-state index contributed by atoms with van der Waals surface area (Å²) in [6.07, 6.45) is 1.07. The van der Waals surface area contributed by atoms with Crippen LogP contribution in [0.2, 0.25) is 0 Å². The highest BCUT2D eigenvalue weighted by molar-refractivity contribution is 8.01. The third-order valence-electron chi connectivity index (χ3n) is 4.63. The highest BCUT2D eigenvalue weighted by atomic mass is 32.2. The molecule has 0 aliphatic rings. The third kappa shape index (κ3) is 4.43. The van der Waals surface area contributed by atoms with Crippen LogP contribution in [-0.2, 0) is 4.79 Å². The first-order valence-corrected chi connectivity index (χ1v) is 11.0. The molecule has 0 atom stereocenters. The molecule has 0 aliphatic carbocycles. The highest BCUT2D eigenvalue weighted by Gasteiger charge is 2.31. The van der Waals surface area contributed by atoms with Crippen molar-refractivity contribution in [2.45, 2.75) is 23.5 Å². The van der Waals surface area contributed by atoms with Crippen molar-refractivity contribution < 1.29 is 9.18 Å². The Balaban J connectivity index is 1.69. The summed E-state index contributed by atoms with van der Waals surface area (Å²) in [7, 11) is 0. The molecule has 1 amide bonds. The van der Waals surface area contributed by atoms with Crippen LogP contribution in [0.15, 0.2) is 65.1 Å². The maximum atomic E-state index is 13.1. The first-order valence-electron chi connectivity index (χ1n) is 9.33. The molecule has 2 aromatic carbocycles. The Morgan fingerprint density at radius 2 is 1.90 bits per heavy atom. The Hall–Kier alpha value is -3.28. The summed E-state index contributed by atoms with van der Waals surface area (Å²) in [5.74, 6) is -0.401. The molecule has 4 aromatic rings. The maximum absolute atomic E-state index is 13.1. The quantitative estimate of drug-likeness (QED) is 0.278. The van der Waals surface area contributed by atoms with E-state index in [1.807, 2.05) is 38.1 Å². The Morgan fingerprint density at radius 3 is 2.58 bits per heavy atom. The van der Waals surface area contributed by atoms with E-state index in [-0.39, 0.29) is 5.91 Å². The number of halogens is 1. The number of aromatic nitrogens is 2. The minimum atomic E-state index is -0.834. The molecule has 31 heavy (non-hydrogen) atoms. The van der Waals surface area contributed by atoms with Crippen molar-refractivity contribution in [1.82, 2.24) is 9.97 Å². The second kappa shape index (κ2) is 8.46. The second-order valence-corrected chi connectivity index (χ2v) is 9.75. The van der Waals surface area contributed by atoms with Gasteiger partial charge in [0, 0.05) is 10.5 Å². The lowest BCUT2D eigenvalue weighted by molar-refractivity contribution is -0.117. The Labute approximate surface area is 187 Å². The lowest BCUT2D eigenvalue weighted by Crippen LogP contribution is -2.34. The van der Waals surface area contributed by atoms with E-state index >= 15 is 0 Å². The van der Waals surface area contributed by atoms with Gasteiger partial charge in [0.15, 0.2) is 5.69 Å². The molecule has 4 rings (SSSR count). The molecule has 0 aliphatic heterocycles. The normalized spacial score (nSPS) is 11.3. The number of hydrogen-bond donors (Lipinski definition) is 1. The number of amides is 1. The van der Waals surface area contributed by atoms with Gasteiger partial charge in [0.2, 0.25) is 5.91 Å². The number of rotatable bonds is 5. The van der Waals surface area contributed by atoms with E-state index in [2.05, 4.69) is 20.1 Å². The lowest BCUT2D eigenvalue weighted by atomic mass is 10.0.